The van der Waals surface area contributed by atoms with E-state index in [0.29, 0.717) is 23.3 Å². The summed E-state index contributed by atoms with van der Waals surface area (Å²) in [4.78, 5) is 19.3. The number of piperidine rings is 1. The van der Waals surface area contributed by atoms with Gasteiger partial charge in [-0.15, -0.1) is 0 Å². The minimum absolute atomic E-state index is 0.0710. The quantitative estimate of drug-likeness (QED) is 0.519. The van der Waals surface area contributed by atoms with Crippen LogP contribution < -0.4 is 4.74 Å². The number of benzene rings is 2. The number of halogens is 1. The van der Waals surface area contributed by atoms with Gasteiger partial charge in [-0.2, -0.15) is 0 Å². The predicted octanol–water partition coefficient (Wildman–Crippen LogP) is 5.93. The Kier molecular flexibility index (Phi) is 5.54. The Morgan fingerprint density at radius 3 is 2.45 bits per heavy atom. The van der Waals surface area contributed by atoms with Crippen LogP contribution in [0.25, 0.3) is 10.2 Å². The number of carbonyl (C=O) groups is 1. The maximum absolute atomic E-state index is 12.8. The lowest BCUT2D eigenvalue weighted by atomic mass is 9.86. The maximum atomic E-state index is 12.8. The number of thiazole rings is 1. The first-order chi connectivity index (χ1) is 13.8. The molecule has 0 atom stereocenters. The van der Waals surface area contributed by atoms with Crippen LogP contribution in [0.5, 0.6) is 5.19 Å². The van der Waals surface area contributed by atoms with Gasteiger partial charge in [0.1, 0.15) is 11.6 Å². The predicted molar refractivity (Wildman–Crippen MR) is 119 cm³/mol. The Labute approximate surface area is 180 Å². The largest absolute Gasteiger partial charge is 0.467 e. The highest BCUT2D eigenvalue weighted by molar-refractivity contribution is 7.20. The van der Waals surface area contributed by atoms with Gasteiger partial charge in [-0.3, -0.25) is 4.79 Å². The van der Waals surface area contributed by atoms with Gasteiger partial charge in [0.15, 0.2) is 0 Å². The first kappa shape index (κ1) is 20.2. The zero-order valence-electron chi connectivity index (χ0n) is 16.9. The van der Waals surface area contributed by atoms with E-state index >= 15 is 0 Å². The molecule has 0 N–H and O–H groups in total. The lowest BCUT2D eigenvalue weighted by Gasteiger charge is -2.31. The molecule has 29 heavy (non-hydrogen) atoms. The topological polar surface area (TPSA) is 42.4 Å². The third-order valence-corrected chi connectivity index (χ3v) is 6.56. The molecule has 0 aliphatic carbocycles. The summed E-state index contributed by atoms with van der Waals surface area (Å²) < 4.78 is 7.12. The van der Waals surface area contributed by atoms with Crippen molar-refractivity contribution >= 4 is 39.1 Å². The highest BCUT2D eigenvalue weighted by Crippen LogP contribution is 2.33. The first-order valence-corrected chi connectivity index (χ1v) is 11.1. The molecule has 1 aliphatic rings. The van der Waals surface area contributed by atoms with Gasteiger partial charge >= 0.3 is 0 Å². The van der Waals surface area contributed by atoms with Crippen LogP contribution in [0.1, 0.15) is 49.5 Å². The number of hydrogen-bond acceptors (Lipinski definition) is 4. The van der Waals surface area contributed by atoms with Crippen LogP contribution >= 0.6 is 22.9 Å². The molecule has 2 heterocycles. The molecule has 4 rings (SSSR count). The van der Waals surface area contributed by atoms with Gasteiger partial charge in [0.25, 0.3) is 11.1 Å². The van der Waals surface area contributed by atoms with Gasteiger partial charge in [-0.05, 0) is 35.2 Å². The molecule has 0 saturated carbocycles. The molecular formula is C23H25ClN2O2S. The van der Waals surface area contributed by atoms with Crippen molar-refractivity contribution in [2.45, 2.75) is 45.1 Å². The highest BCUT2D eigenvalue weighted by Gasteiger charge is 2.26. The molecular weight excluding hydrogens is 404 g/mol. The number of nitrogens with zero attached hydrogens (tertiary/aromatic N) is 2. The Morgan fingerprint density at radius 1 is 1.14 bits per heavy atom. The molecule has 0 radical (unpaired) electrons. The van der Waals surface area contributed by atoms with Gasteiger partial charge in [-0.25, -0.2) is 4.98 Å². The number of para-hydroxylation sites is 1. The molecule has 0 unspecified atom stereocenters. The van der Waals surface area contributed by atoms with Crippen molar-refractivity contribution in [1.29, 1.82) is 0 Å². The number of likely N-dealkylation sites (tertiary alicyclic amines) is 1. The third kappa shape index (κ3) is 4.41. The number of fused-ring (bicyclic) bond motifs is 1. The van der Waals surface area contributed by atoms with Crippen LogP contribution in [0, 0.1) is 0 Å². The van der Waals surface area contributed by atoms with Crippen LogP contribution in [0.3, 0.4) is 0 Å². The Bertz CT molecular complexity index is 1020. The van der Waals surface area contributed by atoms with Gasteiger partial charge in [0.2, 0.25) is 0 Å². The van der Waals surface area contributed by atoms with Gasteiger partial charge in [0, 0.05) is 31.5 Å². The fourth-order valence-electron chi connectivity index (χ4n) is 3.56. The Morgan fingerprint density at radius 2 is 1.83 bits per heavy atom. The normalized spacial score (nSPS) is 15.7. The molecule has 1 saturated heterocycles. The van der Waals surface area contributed by atoms with Crippen LogP contribution in [0.15, 0.2) is 42.5 Å². The lowest BCUT2D eigenvalue weighted by Crippen LogP contribution is -2.41. The van der Waals surface area contributed by atoms with Crippen molar-refractivity contribution in [2.24, 2.45) is 0 Å². The van der Waals surface area contributed by atoms with Gasteiger partial charge in [-0.1, -0.05) is 61.9 Å². The second-order valence-electron chi connectivity index (χ2n) is 8.50. The number of carbonyl (C=O) groups excluding carboxylic acids is 1. The molecule has 152 valence electrons. The summed E-state index contributed by atoms with van der Waals surface area (Å²) in [6.45, 7) is 7.91. The molecule has 2 aromatic carbocycles. The number of hydrogen-bond donors (Lipinski definition) is 0. The van der Waals surface area contributed by atoms with Crippen molar-refractivity contribution in [3.05, 3.63) is 58.6 Å². The SMILES string of the molecule is CC(C)(C)c1ccc(C(=O)N2CCC(Oc3nc4c(Cl)cccc4s3)CC2)cc1. The number of aromatic nitrogens is 1. The van der Waals surface area contributed by atoms with Crippen LogP contribution in [-0.4, -0.2) is 35.0 Å². The number of amides is 1. The second-order valence-corrected chi connectivity index (χ2v) is 9.90. The monoisotopic (exact) mass is 428 g/mol. The van der Waals surface area contributed by atoms with Crippen molar-refractivity contribution in [1.82, 2.24) is 9.88 Å². The van der Waals surface area contributed by atoms with E-state index in [1.54, 1.807) is 0 Å². The van der Waals surface area contributed by atoms with E-state index in [2.05, 4.69) is 37.9 Å². The molecule has 0 spiro atoms. The fraction of sp³-hybridized carbons (Fsp3) is 0.391. The summed E-state index contributed by atoms with van der Waals surface area (Å²) in [6, 6.07) is 13.8. The van der Waals surface area contributed by atoms with Gasteiger partial charge in [0.05, 0.1) is 9.72 Å². The van der Waals surface area contributed by atoms with Crippen LogP contribution in [0.2, 0.25) is 5.02 Å². The zero-order chi connectivity index (χ0) is 20.6. The smallest absolute Gasteiger partial charge is 0.274 e. The Balaban J connectivity index is 1.36. The van der Waals surface area contributed by atoms with Crippen molar-refractivity contribution in [2.75, 3.05) is 13.1 Å². The average molecular weight is 429 g/mol. The Hall–Kier alpha value is -2.11. The number of rotatable bonds is 3. The van der Waals surface area contributed by atoms with E-state index in [0.717, 1.165) is 28.6 Å². The number of ether oxygens (including phenoxy) is 1. The standard InChI is InChI=1S/C23H25ClN2O2S/c1-23(2,3)16-9-7-15(8-10-16)21(27)26-13-11-17(12-14-26)28-22-25-20-18(24)5-4-6-19(20)29-22/h4-10,17H,11-14H2,1-3H3. The fourth-order valence-corrected chi connectivity index (χ4v) is 4.74. The average Bonchev–Trinajstić information content (AvgIpc) is 3.11. The van der Waals surface area contributed by atoms with Gasteiger partial charge < -0.3 is 9.64 Å². The molecule has 1 aromatic heterocycles. The van der Waals surface area contributed by atoms with E-state index in [1.807, 2.05) is 35.2 Å². The summed E-state index contributed by atoms with van der Waals surface area (Å²) in [5.41, 5.74) is 2.86. The molecule has 1 aliphatic heterocycles. The summed E-state index contributed by atoms with van der Waals surface area (Å²) in [5.74, 6) is 0.0932. The molecule has 4 nitrogen and oxygen atoms in total. The molecule has 6 heteroatoms. The third-order valence-electron chi connectivity index (χ3n) is 5.34. The van der Waals surface area contributed by atoms with E-state index in [1.165, 1.54) is 16.9 Å². The minimum atomic E-state index is 0.0710. The van der Waals surface area contributed by atoms with Crippen molar-refractivity contribution in [3.63, 3.8) is 0 Å². The molecule has 1 amide bonds. The summed E-state index contributed by atoms with van der Waals surface area (Å²) in [5, 5.41) is 1.29. The van der Waals surface area contributed by atoms with E-state index in [-0.39, 0.29) is 17.4 Å². The first-order valence-electron chi connectivity index (χ1n) is 9.93. The minimum Gasteiger partial charge on any atom is -0.467 e. The molecule has 3 aromatic rings. The maximum Gasteiger partial charge on any atom is 0.274 e. The van der Waals surface area contributed by atoms with E-state index < -0.39 is 0 Å². The summed E-state index contributed by atoms with van der Waals surface area (Å²) in [7, 11) is 0. The van der Waals surface area contributed by atoms with Crippen molar-refractivity contribution < 1.29 is 9.53 Å². The van der Waals surface area contributed by atoms with Crippen LogP contribution in [-0.2, 0) is 5.41 Å². The van der Waals surface area contributed by atoms with E-state index in [4.69, 9.17) is 16.3 Å². The molecule has 1 fully saturated rings. The van der Waals surface area contributed by atoms with Crippen molar-refractivity contribution in [3.8, 4) is 5.19 Å². The molecule has 0 bridgehead atoms. The zero-order valence-corrected chi connectivity index (χ0v) is 18.5. The van der Waals surface area contributed by atoms with E-state index in [9.17, 15) is 4.79 Å². The van der Waals surface area contributed by atoms with Crippen LogP contribution in [0.4, 0.5) is 0 Å². The lowest BCUT2D eigenvalue weighted by molar-refractivity contribution is 0.0595. The highest BCUT2D eigenvalue weighted by atomic mass is 35.5. The summed E-state index contributed by atoms with van der Waals surface area (Å²) in [6.07, 6.45) is 1.67. The second kappa shape index (κ2) is 7.96. The summed E-state index contributed by atoms with van der Waals surface area (Å²) >= 11 is 7.72.